The fourth-order valence-corrected chi connectivity index (χ4v) is 4.70. The van der Waals surface area contributed by atoms with E-state index >= 15 is 0 Å². The van der Waals surface area contributed by atoms with Crippen LogP contribution in [0.15, 0.2) is 66.8 Å². The van der Waals surface area contributed by atoms with E-state index in [2.05, 4.69) is 22.4 Å². The van der Waals surface area contributed by atoms with Crippen molar-refractivity contribution in [2.75, 3.05) is 13.7 Å². The molecule has 6 heteroatoms. The Labute approximate surface area is 194 Å². The second kappa shape index (κ2) is 9.53. The van der Waals surface area contributed by atoms with Gasteiger partial charge in [0.25, 0.3) is 0 Å². The Bertz CT molecular complexity index is 1130. The number of carbonyl (C=O) groups excluding carboxylic acids is 1. The van der Waals surface area contributed by atoms with Gasteiger partial charge in [-0.3, -0.25) is 4.79 Å². The standard InChI is InChI=1S/C27H29N3O3/c1-32-25-11-8-20(16-26(25)33-24-4-2-3-5-24)22-15-21(27(31)29-17-22)14-19-6-9-23(10-7-19)30-13-12-28-18-30/h6-14,16,18,22,24H,2-5,15,17H2,1H3,(H,29,31)/t22-/m1/s1. The highest BCUT2D eigenvalue weighted by molar-refractivity contribution is 5.98. The first-order valence-corrected chi connectivity index (χ1v) is 11.6. The molecule has 1 aliphatic heterocycles. The second-order valence-corrected chi connectivity index (χ2v) is 8.78. The van der Waals surface area contributed by atoms with Crippen LogP contribution in [-0.4, -0.2) is 35.2 Å². The Kier molecular flexibility index (Phi) is 6.15. The molecule has 3 aromatic rings. The molecule has 2 heterocycles. The molecule has 1 N–H and O–H groups in total. The summed E-state index contributed by atoms with van der Waals surface area (Å²) in [5.74, 6) is 1.76. The summed E-state index contributed by atoms with van der Waals surface area (Å²) in [7, 11) is 1.68. The van der Waals surface area contributed by atoms with Crippen LogP contribution in [0, 0.1) is 0 Å². The van der Waals surface area contributed by atoms with Gasteiger partial charge in [0.1, 0.15) is 0 Å². The lowest BCUT2D eigenvalue weighted by Gasteiger charge is -2.26. The number of methoxy groups -OCH3 is 1. The number of rotatable bonds is 6. The summed E-state index contributed by atoms with van der Waals surface area (Å²) in [6, 6.07) is 14.3. The van der Waals surface area contributed by atoms with E-state index in [9.17, 15) is 4.79 Å². The summed E-state index contributed by atoms with van der Waals surface area (Å²) < 4.78 is 13.8. The highest BCUT2D eigenvalue weighted by Gasteiger charge is 2.26. The van der Waals surface area contributed by atoms with Gasteiger partial charge in [0.05, 0.1) is 19.5 Å². The number of hydrogen-bond acceptors (Lipinski definition) is 4. The minimum absolute atomic E-state index is 0.000812. The second-order valence-electron chi connectivity index (χ2n) is 8.78. The van der Waals surface area contributed by atoms with Crippen molar-refractivity contribution < 1.29 is 14.3 Å². The van der Waals surface area contributed by atoms with Crippen molar-refractivity contribution in [3.8, 4) is 17.2 Å². The highest BCUT2D eigenvalue weighted by atomic mass is 16.5. The summed E-state index contributed by atoms with van der Waals surface area (Å²) in [5.41, 5.74) is 3.99. The largest absolute Gasteiger partial charge is 0.493 e. The predicted molar refractivity (Wildman–Crippen MR) is 128 cm³/mol. The molecule has 1 atom stereocenters. The monoisotopic (exact) mass is 443 g/mol. The number of ether oxygens (including phenoxy) is 2. The zero-order chi connectivity index (χ0) is 22.6. The minimum atomic E-state index is 0.000812. The molecule has 0 spiro atoms. The van der Waals surface area contributed by atoms with Crippen LogP contribution in [0.1, 0.15) is 49.1 Å². The zero-order valence-corrected chi connectivity index (χ0v) is 18.9. The molecule has 0 bridgehead atoms. The van der Waals surface area contributed by atoms with E-state index in [0.29, 0.717) is 13.0 Å². The van der Waals surface area contributed by atoms with Crippen LogP contribution in [0.4, 0.5) is 0 Å². The molecule has 2 fully saturated rings. The molecule has 33 heavy (non-hydrogen) atoms. The number of carbonyl (C=O) groups is 1. The molecule has 2 aliphatic rings. The molecular weight excluding hydrogens is 414 g/mol. The lowest BCUT2D eigenvalue weighted by atomic mass is 9.87. The van der Waals surface area contributed by atoms with E-state index in [0.717, 1.165) is 46.7 Å². The van der Waals surface area contributed by atoms with Crippen molar-refractivity contribution in [1.82, 2.24) is 14.9 Å². The molecule has 1 saturated heterocycles. The normalized spacial score (nSPS) is 20.1. The maximum atomic E-state index is 12.6. The van der Waals surface area contributed by atoms with E-state index < -0.39 is 0 Å². The molecule has 1 amide bonds. The number of hydrogen-bond donors (Lipinski definition) is 1. The minimum Gasteiger partial charge on any atom is -0.493 e. The van der Waals surface area contributed by atoms with E-state index in [1.807, 2.05) is 47.2 Å². The third-order valence-electron chi connectivity index (χ3n) is 6.56. The van der Waals surface area contributed by atoms with E-state index in [1.54, 1.807) is 19.6 Å². The SMILES string of the molecule is COc1ccc([C@H]2CNC(=O)C(=Cc3ccc(-n4ccnc4)cc3)C2)cc1OC1CCCC1. The molecule has 0 radical (unpaired) electrons. The number of aromatic nitrogens is 2. The molecule has 1 aromatic heterocycles. The zero-order valence-electron chi connectivity index (χ0n) is 18.9. The Hall–Kier alpha value is -3.54. The number of benzene rings is 2. The molecule has 1 aliphatic carbocycles. The molecule has 0 unspecified atom stereocenters. The van der Waals surface area contributed by atoms with Gasteiger partial charge < -0.3 is 19.4 Å². The lowest BCUT2D eigenvalue weighted by molar-refractivity contribution is -0.118. The number of amides is 1. The number of nitrogens with one attached hydrogen (secondary N) is 1. The van der Waals surface area contributed by atoms with Crippen LogP contribution in [0.3, 0.4) is 0 Å². The summed E-state index contributed by atoms with van der Waals surface area (Å²) >= 11 is 0. The van der Waals surface area contributed by atoms with Crippen molar-refractivity contribution in [1.29, 1.82) is 0 Å². The summed E-state index contributed by atoms with van der Waals surface area (Å²) in [4.78, 5) is 16.7. The third kappa shape index (κ3) is 4.80. The van der Waals surface area contributed by atoms with Crippen molar-refractivity contribution in [3.05, 3.63) is 77.9 Å². The number of imidazole rings is 1. The van der Waals surface area contributed by atoms with E-state index in [-0.39, 0.29) is 17.9 Å². The molecule has 5 rings (SSSR count). The lowest BCUT2D eigenvalue weighted by Crippen LogP contribution is -2.35. The first-order valence-electron chi connectivity index (χ1n) is 11.6. The fraction of sp³-hybridized carbons (Fsp3) is 0.333. The van der Waals surface area contributed by atoms with Crippen molar-refractivity contribution in [2.45, 2.75) is 44.1 Å². The maximum absolute atomic E-state index is 12.6. The van der Waals surface area contributed by atoms with E-state index in [1.165, 1.54) is 12.8 Å². The van der Waals surface area contributed by atoms with E-state index in [4.69, 9.17) is 9.47 Å². The van der Waals surface area contributed by atoms with Crippen LogP contribution in [0.25, 0.3) is 11.8 Å². The van der Waals surface area contributed by atoms with Gasteiger partial charge >= 0.3 is 0 Å². The van der Waals surface area contributed by atoms with Crippen molar-refractivity contribution in [2.24, 2.45) is 0 Å². The predicted octanol–water partition coefficient (Wildman–Crippen LogP) is 4.89. The van der Waals surface area contributed by atoms with Gasteiger partial charge in [0.2, 0.25) is 5.91 Å². The van der Waals surface area contributed by atoms with Gasteiger partial charge in [-0.1, -0.05) is 18.2 Å². The van der Waals surface area contributed by atoms with Gasteiger partial charge in [-0.15, -0.1) is 0 Å². The van der Waals surface area contributed by atoms with Crippen LogP contribution in [0.2, 0.25) is 0 Å². The van der Waals surface area contributed by atoms with Gasteiger partial charge in [-0.2, -0.15) is 0 Å². The van der Waals surface area contributed by atoms with Crippen LogP contribution < -0.4 is 14.8 Å². The Morgan fingerprint density at radius 3 is 2.64 bits per heavy atom. The molecule has 1 saturated carbocycles. The summed E-state index contributed by atoms with van der Waals surface area (Å²) in [6.45, 7) is 0.616. The topological polar surface area (TPSA) is 65.4 Å². The average Bonchev–Trinajstić information content (AvgIpc) is 3.56. The smallest absolute Gasteiger partial charge is 0.247 e. The Morgan fingerprint density at radius 2 is 1.91 bits per heavy atom. The van der Waals surface area contributed by atoms with Crippen molar-refractivity contribution in [3.63, 3.8) is 0 Å². The number of piperidine rings is 1. The first-order chi connectivity index (χ1) is 16.2. The molecular formula is C27H29N3O3. The maximum Gasteiger partial charge on any atom is 0.247 e. The summed E-state index contributed by atoms with van der Waals surface area (Å²) in [5, 5.41) is 3.06. The number of nitrogens with zero attached hydrogens (tertiary/aromatic N) is 2. The summed E-state index contributed by atoms with van der Waals surface area (Å²) in [6.07, 6.45) is 13.0. The fourth-order valence-electron chi connectivity index (χ4n) is 4.70. The first kappa shape index (κ1) is 21.3. The molecule has 6 nitrogen and oxygen atoms in total. The van der Waals surface area contributed by atoms with Gasteiger partial charge in [-0.25, -0.2) is 4.98 Å². The van der Waals surface area contributed by atoms with Crippen LogP contribution in [-0.2, 0) is 4.79 Å². The van der Waals surface area contributed by atoms with Gasteiger partial charge in [0.15, 0.2) is 11.5 Å². The highest BCUT2D eigenvalue weighted by Crippen LogP contribution is 2.36. The van der Waals surface area contributed by atoms with Crippen molar-refractivity contribution >= 4 is 12.0 Å². The molecule has 170 valence electrons. The van der Waals surface area contributed by atoms with Crippen LogP contribution >= 0.6 is 0 Å². The Morgan fingerprint density at radius 1 is 1.09 bits per heavy atom. The molecule has 2 aromatic carbocycles. The Balaban J connectivity index is 1.34. The van der Waals surface area contributed by atoms with Gasteiger partial charge in [-0.05, 0) is 73.6 Å². The van der Waals surface area contributed by atoms with Crippen LogP contribution in [0.5, 0.6) is 11.5 Å². The van der Waals surface area contributed by atoms with Gasteiger partial charge in [0, 0.05) is 36.1 Å². The third-order valence-corrected chi connectivity index (χ3v) is 6.56. The quantitative estimate of drug-likeness (QED) is 0.551. The average molecular weight is 444 g/mol.